The van der Waals surface area contributed by atoms with Crippen LogP contribution in [0, 0.1) is 6.54 Å². The summed E-state index contributed by atoms with van der Waals surface area (Å²) in [6.45, 7) is 2.15. The minimum absolute atomic E-state index is 0.319. The van der Waals surface area contributed by atoms with E-state index >= 15 is 0 Å². The third-order valence-electron chi connectivity index (χ3n) is 1.44. The monoisotopic (exact) mass is 168 g/mol. The van der Waals surface area contributed by atoms with Crippen LogP contribution in [0.4, 0.5) is 13.2 Å². The highest BCUT2D eigenvalue weighted by molar-refractivity contribution is 4.76. The van der Waals surface area contributed by atoms with Gasteiger partial charge in [0.15, 0.2) is 0 Å². The number of rotatable bonds is 1. The number of halogens is 3. The third kappa shape index (κ3) is 3.57. The molecule has 1 saturated heterocycles. The normalized spacial score (nSPS) is 22.1. The third-order valence-corrected chi connectivity index (χ3v) is 1.44. The summed E-state index contributed by atoms with van der Waals surface area (Å²) >= 11 is 0. The van der Waals surface area contributed by atoms with Crippen molar-refractivity contribution in [3.63, 3.8) is 0 Å². The van der Waals surface area contributed by atoms with Gasteiger partial charge in [0.2, 0.25) is 0 Å². The van der Waals surface area contributed by atoms with Gasteiger partial charge in [0.05, 0.1) is 6.10 Å². The molecule has 0 aromatic rings. The Bertz CT molecular complexity index is 119. The highest BCUT2D eigenvalue weighted by Gasteiger charge is 2.33. The predicted molar refractivity (Wildman–Crippen MR) is 32.5 cm³/mol. The molecule has 0 aromatic heterocycles. The summed E-state index contributed by atoms with van der Waals surface area (Å²) in [5, 5.41) is 2.83. The lowest BCUT2D eigenvalue weighted by Gasteiger charge is -2.23. The van der Waals surface area contributed by atoms with Gasteiger partial charge in [0.1, 0.15) is 0 Å². The number of ether oxygens (including phenoxy) is 1. The molecule has 1 aliphatic heterocycles. The molecular weight excluding hydrogens is 159 g/mol. The lowest BCUT2D eigenvalue weighted by atomic mass is 10.1. The molecular formula is C6H9F3NO. The van der Waals surface area contributed by atoms with Crippen molar-refractivity contribution in [2.45, 2.75) is 25.3 Å². The molecule has 1 N–H and O–H groups in total. The molecule has 0 aliphatic carbocycles. The largest absolute Gasteiger partial charge is 0.522 e. The number of hydrogen-bond donors (Lipinski definition) is 1. The Morgan fingerprint density at radius 2 is 2.18 bits per heavy atom. The molecule has 1 fully saturated rings. The number of nitrogens with one attached hydrogen (secondary N) is 1. The summed E-state index contributed by atoms with van der Waals surface area (Å²) in [5.74, 6) is 0. The van der Waals surface area contributed by atoms with Gasteiger partial charge in [0, 0.05) is 6.54 Å². The minimum atomic E-state index is -4.49. The Morgan fingerprint density at radius 3 is 2.64 bits per heavy atom. The Hall–Kier alpha value is -0.290. The fourth-order valence-electron chi connectivity index (χ4n) is 0.975. The van der Waals surface area contributed by atoms with Gasteiger partial charge in [-0.05, 0) is 19.4 Å². The van der Waals surface area contributed by atoms with Crippen molar-refractivity contribution in [1.29, 1.82) is 0 Å². The van der Waals surface area contributed by atoms with Crippen molar-refractivity contribution < 1.29 is 17.9 Å². The smallest absolute Gasteiger partial charge is 0.312 e. The Balaban J connectivity index is 2.24. The highest BCUT2D eigenvalue weighted by atomic mass is 19.4. The SMILES string of the molecule is FC(F)(F)OC1C[CH]NCC1. The van der Waals surface area contributed by atoms with Crippen LogP contribution in [0.1, 0.15) is 12.8 Å². The van der Waals surface area contributed by atoms with Crippen molar-refractivity contribution in [1.82, 2.24) is 5.32 Å². The first-order chi connectivity index (χ1) is 5.08. The zero-order valence-corrected chi connectivity index (χ0v) is 5.82. The second-order valence-electron chi connectivity index (χ2n) is 2.37. The van der Waals surface area contributed by atoms with Gasteiger partial charge in [-0.1, -0.05) is 0 Å². The fraction of sp³-hybridized carbons (Fsp3) is 0.833. The van der Waals surface area contributed by atoms with Crippen LogP contribution in [0.3, 0.4) is 0 Å². The van der Waals surface area contributed by atoms with Gasteiger partial charge >= 0.3 is 6.36 Å². The van der Waals surface area contributed by atoms with Crippen LogP contribution >= 0.6 is 0 Å². The van der Waals surface area contributed by atoms with Crippen LogP contribution in [0.2, 0.25) is 0 Å². The maximum atomic E-state index is 11.6. The molecule has 0 spiro atoms. The van der Waals surface area contributed by atoms with Gasteiger partial charge in [-0.15, -0.1) is 13.2 Å². The van der Waals surface area contributed by atoms with E-state index in [1.54, 1.807) is 6.54 Å². The zero-order valence-electron chi connectivity index (χ0n) is 5.82. The van der Waals surface area contributed by atoms with Gasteiger partial charge in [-0.3, -0.25) is 4.74 Å². The molecule has 0 bridgehead atoms. The molecule has 1 aliphatic rings. The van der Waals surface area contributed by atoms with Crippen molar-refractivity contribution in [2.24, 2.45) is 0 Å². The molecule has 65 valence electrons. The van der Waals surface area contributed by atoms with Gasteiger partial charge < -0.3 is 5.32 Å². The van der Waals surface area contributed by atoms with Crippen molar-refractivity contribution in [3.05, 3.63) is 6.54 Å². The quantitative estimate of drug-likeness (QED) is 0.639. The first-order valence-electron chi connectivity index (χ1n) is 3.37. The summed E-state index contributed by atoms with van der Waals surface area (Å²) in [5.41, 5.74) is 0. The lowest BCUT2D eigenvalue weighted by Crippen LogP contribution is -2.33. The summed E-state index contributed by atoms with van der Waals surface area (Å²) in [4.78, 5) is 0. The Morgan fingerprint density at radius 1 is 1.45 bits per heavy atom. The van der Waals surface area contributed by atoms with Crippen LogP contribution in [-0.2, 0) is 4.74 Å². The van der Waals surface area contributed by atoms with E-state index in [-0.39, 0.29) is 0 Å². The maximum Gasteiger partial charge on any atom is 0.522 e. The number of piperidine rings is 1. The van der Waals surface area contributed by atoms with E-state index in [1.165, 1.54) is 0 Å². The van der Waals surface area contributed by atoms with E-state index in [4.69, 9.17) is 0 Å². The fourth-order valence-corrected chi connectivity index (χ4v) is 0.975. The summed E-state index contributed by atoms with van der Waals surface area (Å²) in [6, 6.07) is 0. The molecule has 1 heterocycles. The van der Waals surface area contributed by atoms with Crippen molar-refractivity contribution >= 4 is 0 Å². The van der Waals surface area contributed by atoms with E-state index < -0.39 is 12.5 Å². The first kappa shape index (κ1) is 8.80. The zero-order chi connectivity index (χ0) is 8.32. The minimum Gasteiger partial charge on any atom is -0.312 e. The first-order valence-corrected chi connectivity index (χ1v) is 3.37. The van der Waals surface area contributed by atoms with Crippen LogP contribution in [0.5, 0.6) is 0 Å². The summed E-state index contributed by atoms with van der Waals surface area (Å²) in [6.07, 6.45) is -4.46. The standard InChI is InChI=1S/C6H9F3NO/c7-6(8,9)11-5-1-3-10-4-2-5/h3,5,10H,1-2,4H2. The Labute approximate surface area is 62.7 Å². The molecule has 5 heteroatoms. The van der Waals surface area contributed by atoms with E-state index in [0.717, 1.165) is 0 Å². The molecule has 1 atom stereocenters. The predicted octanol–water partition coefficient (Wildman–Crippen LogP) is 1.44. The van der Waals surface area contributed by atoms with E-state index in [1.807, 2.05) is 0 Å². The van der Waals surface area contributed by atoms with Crippen LogP contribution in [0.25, 0.3) is 0 Å². The Kier molecular flexibility index (Phi) is 2.72. The molecule has 11 heavy (non-hydrogen) atoms. The summed E-state index contributed by atoms with van der Waals surface area (Å²) in [7, 11) is 0. The number of alkyl halides is 3. The van der Waals surface area contributed by atoms with Gasteiger partial charge in [0.25, 0.3) is 0 Å². The van der Waals surface area contributed by atoms with Crippen molar-refractivity contribution in [3.8, 4) is 0 Å². The molecule has 1 rings (SSSR count). The van der Waals surface area contributed by atoms with E-state index in [9.17, 15) is 13.2 Å². The molecule has 0 aromatic carbocycles. The maximum absolute atomic E-state index is 11.6. The average molecular weight is 168 g/mol. The van der Waals surface area contributed by atoms with Gasteiger partial charge in [-0.25, -0.2) is 0 Å². The van der Waals surface area contributed by atoms with E-state index in [0.29, 0.717) is 19.4 Å². The second-order valence-corrected chi connectivity index (χ2v) is 2.37. The molecule has 0 amide bonds. The van der Waals surface area contributed by atoms with Crippen LogP contribution in [-0.4, -0.2) is 19.0 Å². The van der Waals surface area contributed by atoms with Crippen LogP contribution in [0.15, 0.2) is 0 Å². The molecule has 1 radical (unpaired) electrons. The summed E-state index contributed by atoms with van der Waals surface area (Å²) < 4.78 is 38.6. The topological polar surface area (TPSA) is 21.3 Å². The molecule has 0 saturated carbocycles. The second kappa shape index (κ2) is 3.40. The molecule has 1 unspecified atom stereocenters. The molecule has 2 nitrogen and oxygen atoms in total. The number of hydrogen-bond acceptors (Lipinski definition) is 2. The van der Waals surface area contributed by atoms with Crippen molar-refractivity contribution in [2.75, 3.05) is 6.54 Å². The highest BCUT2D eigenvalue weighted by Crippen LogP contribution is 2.22. The van der Waals surface area contributed by atoms with E-state index in [2.05, 4.69) is 10.1 Å². The lowest BCUT2D eigenvalue weighted by molar-refractivity contribution is -0.343. The average Bonchev–Trinajstić information content (AvgIpc) is 1.85. The van der Waals surface area contributed by atoms with Gasteiger partial charge in [-0.2, -0.15) is 0 Å². The van der Waals surface area contributed by atoms with Crippen LogP contribution < -0.4 is 5.32 Å².